The molecule has 0 saturated heterocycles. The molecular formula is C6H14NO+. The molecule has 0 aromatic rings. The fraction of sp³-hybridized carbons (Fsp3) is 0.667. The highest BCUT2D eigenvalue weighted by Crippen LogP contribution is 2.01. The Bertz CT molecular complexity index is 88.5. The van der Waals surface area contributed by atoms with Gasteiger partial charge in [-0.3, -0.25) is 0 Å². The van der Waals surface area contributed by atoms with E-state index in [1.165, 1.54) is 0 Å². The first-order chi connectivity index (χ1) is 3.55. The summed E-state index contributed by atoms with van der Waals surface area (Å²) in [7, 11) is 0. The molecule has 4 N–H and O–H groups in total. The van der Waals surface area contributed by atoms with Crippen LogP contribution in [0.4, 0.5) is 0 Å². The molecule has 0 amide bonds. The number of rotatable bonds is 2. The lowest BCUT2D eigenvalue weighted by Crippen LogP contribution is -2.64. The summed E-state index contributed by atoms with van der Waals surface area (Å²) in [4.78, 5) is 0. The van der Waals surface area contributed by atoms with Crippen molar-refractivity contribution in [2.45, 2.75) is 19.9 Å². The molecule has 0 rings (SSSR count). The summed E-state index contributed by atoms with van der Waals surface area (Å²) in [6, 6.07) is -0.0185. The second-order valence-electron chi connectivity index (χ2n) is 2.34. The van der Waals surface area contributed by atoms with Crippen molar-refractivity contribution in [1.82, 2.24) is 0 Å². The molecule has 0 saturated carbocycles. The highest BCUT2D eigenvalue weighted by Gasteiger charge is 2.12. The van der Waals surface area contributed by atoms with Crippen LogP contribution in [-0.4, -0.2) is 11.1 Å². The van der Waals surface area contributed by atoms with E-state index in [0.29, 0.717) is 5.92 Å². The predicted octanol–water partition coefficient (Wildman–Crippen LogP) is 0.325. The van der Waals surface area contributed by atoms with E-state index in [-0.39, 0.29) is 11.8 Å². The van der Waals surface area contributed by atoms with Gasteiger partial charge in [0.1, 0.15) is 11.8 Å². The van der Waals surface area contributed by atoms with E-state index in [0.717, 1.165) is 0 Å². The summed E-state index contributed by atoms with van der Waals surface area (Å²) in [6.45, 7) is 7.37. The molecule has 0 fully saturated rings. The van der Waals surface area contributed by atoms with Crippen LogP contribution >= 0.6 is 0 Å². The lowest BCUT2D eigenvalue weighted by atomic mass is 10.0. The molecule has 8 heavy (non-hydrogen) atoms. The van der Waals surface area contributed by atoms with Gasteiger partial charge >= 0.3 is 0 Å². The molecule has 0 heterocycles. The molecule has 0 radical (unpaired) electrons. The molecule has 2 heteroatoms. The standard InChI is InChI=1S/C6H13NO/c1-4(2)6(7)5(3)8/h4,6,8H,3,7H2,1-2H3/p+1. The summed E-state index contributed by atoms with van der Waals surface area (Å²) < 4.78 is 0. The lowest BCUT2D eigenvalue weighted by molar-refractivity contribution is -0.423. The smallest absolute Gasteiger partial charge is 0.144 e. The average Bonchev–Trinajstić information content (AvgIpc) is 1.64. The second kappa shape index (κ2) is 2.72. The molecule has 0 bridgehead atoms. The van der Waals surface area contributed by atoms with Gasteiger partial charge in [-0.25, -0.2) is 0 Å². The van der Waals surface area contributed by atoms with Gasteiger partial charge in [0.15, 0.2) is 0 Å². The molecule has 0 spiro atoms. The Kier molecular flexibility index (Phi) is 2.55. The van der Waals surface area contributed by atoms with Gasteiger partial charge in [0, 0.05) is 5.92 Å². The molecule has 48 valence electrons. The second-order valence-corrected chi connectivity index (χ2v) is 2.34. The van der Waals surface area contributed by atoms with Crippen molar-refractivity contribution < 1.29 is 10.8 Å². The number of aliphatic hydroxyl groups is 1. The first kappa shape index (κ1) is 7.50. The maximum atomic E-state index is 8.73. The Morgan fingerprint density at radius 1 is 1.62 bits per heavy atom. The van der Waals surface area contributed by atoms with Gasteiger partial charge in [0.05, 0.1) is 0 Å². The summed E-state index contributed by atoms with van der Waals surface area (Å²) in [6.07, 6.45) is 0. The third-order valence-electron chi connectivity index (χ3n) is 1.23. The Labute approximate surface area is 50.0 Å². The van der Waals surface area contributed by atoms with Crippen LogP contribution < -0.4 is 5.73 Å². The highest BCUT2D eigenvalue weighted by atomic mass is 16.3. The zero-order chi connectivity index (χ0) is 6.73. The van der Waals surface area contributed by atoms with Gasteiger partial charge in [-0.1, -0.05) is 20.4 Å². The van der Waals surface area contributed by atoms with E-state index in [9.17, 15) is 0 Å². The fourth-order valence-electron chi connectivity index (χ4n) is 0.385. The van der Waals surface area contributed by atoms with Crippen molar-refractivity contribution in [3.63, 3.8) is 0 Å². The molecule has 0 aromatic carbocycles. The Hall–Kier alpha value is -0.500. The zero-order valence-corrected chi connectivity index (χ0v) is 5.52. The van der Waals surface area contributed by atoms with Crippen molar-refractivity contribution in [3.8, 4) is 0 Å². The molecule has 1 unspecified atom stereocenters. The topological polar surface area (TPSA) is 47.9 Å². The van der Waals surface area contributed by atoms with E-state index in [2.05, 4.69) is 12.3 Å². The van der Waals surface area contributed by atoms with Crippen LogP contribution in [0.1, 0.15) is 13.8 Å². The average molecular weight is 116 g/mol. The quantitative estimate of drug-likeness (QED) is 0.502. The first-order valence-corrected chi connectivity index (χ1v) is 2.76. The van der Waals surface area contributed by atoms with E-state index in [1.54, 1.807) is 0 Å². The van der Waals surface area contributed by atoms with Crippen LogP contribution in [0.2, 0.25) is 0 Å². The van der Waals surface area contributed by atoms with Gasteiger partial charge in [-0.05, 0) is 0 Å². The molecule has 0 aliphatic carbocycles. The van der Waals surface area contributed by atoms with Crippen LogP contribution in [0.5, 0.6) is 0 Å². The van der Waals surface area contributed by atoms with E-state index in [1.807, 2.05) is 13.8 Å². The Balaban J connectivity index is 3.64. The largest absolute Gasteiger partial charge is 0.507 e. The van der Waals surface area contributed by atoms with Crippen molar-refractivity contribution in [2.75, 3.05) is 0 Å². The lowest BCUT2D eigenvalue weighted by Gasteiger charge is -2.08. The van der Waals surface area contributed by atoms with Gasteiger partial charge in [-0.2, -0.15) is 0 Å². The highest BCUT2D eigenvalue weighted by molar-refractivity contribution is 4.88. The number of aliphatic hydroxyl groups excluding tert-OH is 1. The number of hydrogen-bond donors (Lipinski definition) is 2. The van der Waals surface area contributed by atoms with E-state index < -0.39 is 0 Å². The minimum atomic E-state index is -0.0185. The van der Waals surface area contributed by atoms with Gasteiger partial charge in [0.25, 0.3) is 0 Å². The summed E-state index contributed by atoms with van der Waals surface area (Å²) in [5.74, 6) is 0.563. The summed E-state index contributed by atoms with van der Waals surface area (Å²) in [5, 5.41) is 8.73. The van der Waals surface area contributed by atoms with Gasteiger partial charge in [0.2, 0.25) is 0 Å². The monoisotopic (exact) mass is 116 g/mol. The van der Waals surface area contributed by atoms with E-state index in [4.69, 9.17) is 5.11 Å². The van der Waals surface area contributed by atoms with Crippen LogP contribution in [0, 0.1) is 5.92 Å². The van der Waals surface area contributed by atoms with Crippen molar-refractivity contribution >= 4 is 0 Å². The fourth-order valence-corrected chi connectivity index (χ4v) is 0.385. The van der Waals surface area contributed by atoms with Crippen LogP contribution in [0.3, 0.4) is 0 Å². The minimum Gasteiger partial charge on any atom is -0.507 e. The van der Waals surface area contributed by atoms with Crippen molar-refractivity contribution in [3.05, 3.63) is 12.3 Å². The van der Waals surface area contributed by atoms with Crippen LogP contribution in [0.15, 0.2) is 12.3 Å². The molecule has 0 aromatic heterocycles. The van der Waals surface area contributed by atoms with Gasteiger partial charge < -0.3 is 10.8 Å². The van der Waals surface area contributed by atoms with Gasteiger partial charge in [-0.15, -0.1) is 0 Å². The minimum absolute atomic E-state index is 0.0185. The Morgan fingerprint density at radius 2 is 2.00 bits per heavy atom. The van der Waals surface area contributed by atoms with Crippen LogP contribution in [-0.2, 0) is 0 Å². The summed E-state index contributed by atoms with van der Waals surface area (Å²) in [5.41, 5.74) is 3.69. The maximum Gasteiger partial charge on any atom is 0.144 e. The van der Waals surface area contributed by atoms with Crippen molar-refractivity contribution in [2.24, 2.45) is 5.92 Å². The number of quaternary nitrogens is 1. The number of hydrogen-bond acceptors (Lipinski definition) is 1. The summed E-state index contributed by atoms with van der Waals surface area (Å²) >= 11 is 0. The van der Waals surface area contributed by atoms with Crippen molar-refractivity contribution in [1.29, 1.82) is 0 Å². The SMILES string of the molecule is C=C(O)C([NH3+])C(C)C. The van der Waals surface area contributed by atoms with Crippen LogP contribution in [0.25, 0.3) is 0 Å². The third kappa shape index (κ3) is 1.98. The normalized spacial score (nSPS) is 14.0. The zero-order valence-electron chi connectivity index (χ0n) is 5.52. The molecule has 0 aliphatic rings. The third-order valence-corrected chi connectivity index (χ3v) is 1.23. The molecule has 0 aliphatic heterocycles. The molecule has 2 nitrogen and oxygen atoms in total. The Morgan fingerprint density at radius 3 is 2.00 bits per heavy atom. The molecular weight excluding hydrogens is 102 g/mol. The first-order valence-electron chi connectivity index (χ1n) is 2.76. The maximum absolute atomic E-state index is 8.73. The molecule has 1 atom stereocenters. The van der Waals surface area contributed by atoms with E-state index >= 15 is 0 Å². The predicted molar refractivity (Wildman–Crippen MR) is 33.3 cm³/mol.